The number of fused-ring (bicyclic) bond motifs is 2. The summed E-state index contributed by atoms with van der Waals surface area (Å²) in [5.74, 6) is 2.07. The van der Waals surface area contributed by atoms with Gasteiger partial charge in [-0.05, 0) is 61.2 Å². The van der Waals surface area contributed by atoms with Crippen molar-refractivity contribution in [3.05, 3.63) is 75.6 Å². The molecule has 3 aromatic rings. The van der Waals surface area contributed by atoms with Gasteiger partial charge in [0.1, 0.15) is 5.75 Å². The summed E-state index contributed by atoms with van der Waals surface area (Å²) in [6.07, 6.45) is 0. The summed E-state index contributed by atoms with van der Waals surface area (Å²) >= 11 is 0. The zero-order valence-electron chi connectivity index (χ0n) is 17.9. The average Bonchev–Trinajstić information content (AvgIpc) is 3.24. The van der Waals surface area contributed by atoms with Gasteiger partial charge in [0.2, 0.25) is 0 Å². The third-order valence-corrected chi connectivity index (χ3v) is 7.00. The first-order chi connectivity index (χ1) is 14.5. The molecule has 2 aliphatic heterocycles. The van der Waals surface area contributed by atoms with Crippen LogP contribution >= 0.6 is 0 Å². The molecule has 1 aromatic heterocycles. The third-order valence-electron chi connectivity index (χ3n) is 7.00. The van der Waals surface area contributed by atoms with Gasteiger partial charge < -0.3 is 9.72 Å². The molecule has 2 saturated heterocycles. The number of aromatic amines is 1. The molecule has 30 heavy (non-hydrogen) atoms. The molecule has 5 nitrogen and oxygen atoms in total. The van der Waals surface area contributed by atoms with E-state index in [-0.39, 0.29) is 5.56 Å². The zero-order chi connectivity index (χ0) is 20.8. The minimum Gasteiger partial charge on any atom is -0.497 e. The van der Waals surface area contributed by atoms with Crippen molar-refractivity contribution in [2.45, 2.75) is 19.5 Å². The molecule has 156 valence electrons. The predicted octanol–water partition coefficient (Wildman–Crippen LogP) is 3.58. The number of H-pyrrole nitrogens is 1. The molecule has 0 bridgehead atoms. The minimum atomic E-state index is 0.0114. The fourth-order valence-corrected chi connectivity index (χ4v) is 5.58. The number of aromatic nitrogens is 1. The van der Waals surface area contributed by atoms with Gasteiger partial charge in [0.25, 0.3) is 5.56 Å². The summed E-state index contributed by atoms with van der Waals surface area (Å²) < 4.78 is 5.34. The quantitative estimate of drug-likeness (QED) is 0.723. The molecule has 2 fully saturated rings. The van der Waals surface area contributed by atoms with Gasteiger partial charge in [0, 0.05) is 48.7 Å². The van der Waals surface area contributed by atoms with Gasteiger partial charge in [-0.15, -0.1) is 0 Å². The molecule has 2 aliphatic rings. The van der Waals surface area contributed by atoms with E-state index >= 15 is 0 Å². The second-order valence-electron chi connectivity index (χ2n) is 8.94. The lowest BCUT2D eigenvalue weighted by atomic mass is 9.88. The van der Waals surface area contributed by atoms with E-state index in [0.29, 0.717) is 24.4 Å². The van der Waals surface area contributed by atoms with Crippen molar-refractivity contribution in [2.75, 3.05) is 33.8 Å². The van der Waals surface area contributed by atoms with Gasteiger partial charge in [-0.2, -0.15) is 0 Å². The van der Waals surface area contributed by atoms with Gasteiger partial charge >= 0.3 is 0 Å². The van der Waals surface area contributed by atoms with Gasteiger partial charge in [0.15, 0.2) is 0 Å². The van der Waals surface area contributed by atoms with Crippen molar-refractivity contribution in [2.24, 2.45) is 11.8 Å². The molecular formula is C25H29N3O2. The molecule has 3 atom stereocenters. The normalized spacial score (nSPS) is 24.4. The lowest BCUT2D eigenvalue weighted by Gasteiger charge is -2.28. The predicted molar refractivity (Wildman–Crippen MR) is 120 cm³/mol. The topological polar surface area (TPSA) is 48.6 Å². The van der Waals surface area contributed by atoms with Crippen molar-refractivity contribution in [3.8, 4) is 5.75 Å². The average molecular weight is 404 g/mol. The van der Waals surface area contributed by atoms with E-state index in [0.717, 1.165) is 41.9 Å². The molecule has 3 heterocycles. The van der Waals surface area contributed by atoms with Crippen LogP contribution in [0.3, 0.4) is 0 Å². The van der Waals surface area contributed by atoms with Crippen molar-refractivity contribution >= 4 is 10.9 Å². The maximum atomic E-state index is 12.7. The van der Waals surface area contributed by atoms with Crippen LogP contribution in [0.15, 0.2) is 53.3 Å². The van der Waals surface area contributed by atoms with E-state index in [2.05, 4.69) is 53.0 Å². The van der Waals surface area contributed by atoms with Crippen LogP contribution in [0, 0.1) is 18.8 Å². The number of rotatable bonds is 4. The lowest BCUT2D eigenvalue weighted by molar-refractivity contribution is 0.223. The van der Waals surface area contributed by atoms with Crippen molar-refractivity contribution < 1.29 is 4.74 Å². The fraction of sp³-hybridized carbons (Fsp3) is 0.400. The molecule has 0 spiro atoms. The number of ether oxygens (including phenoxy) is 1. The number of hydrogen-bond acceptors (Lipinski definition) is 4. The highest BCUT2D eigenvalue weighted by atomic mass is 16.5. The first-order valence-electron chi connectivity index (χ1n) is 10.7. The van der Waals surface area contributed by atoms with Crippen LogP contribution in [-0.2, 0) is 6.54 Å². The Balaban J connectivity index is 1.38. The number of methoxy groups -OCH3 is 1. The molecule has 0 radical (unpaired) electrons. The van der Waals surface area contributed by atoms with Crippen LogP contribution in [-0.4, -0.2) is 48.6 Å². The van der Waals surface area contributed by atoms with Crippen molar-refractivity contribution in [3.63, 3.8) is 0 Å². The Labute approximate surface area is 177 Å². The number of pyridine rings is 1. The van der Waals surface area contributed by atoms with Gasteiger partial charge in [0.05, 0.1) is 7.11 Å². The molecule has 2 aromatic carbocycles. The second kappa shape index (κ2) is 7.56. The third kappa shape index (κ3) is 3.32. The first kappa shape index (κ1) is 19.3. The molecular weight excluding hydrogens is 374 g/mol. The van der Waals surface area contributed by atoms with Crippen LogP contribution in [0.1, 0.15) is 22.7 Å². The Bertz CT molecular complexity index is 1140. The van der Waals surface area contributed by atoms with Crippen LogP contribution in [0.4, 0.5) is 0 Å². The van der Waals surface area contributed by atoms with E-state index in [1.54, 1.807) is 7.11 Å². The summed E-state index contributed by atoms with van der Waals surface area (Å²) in [5.41, 5.74) is 4.51. The second-order valence-corrected chi connectivity index (χ2v) is 8.94. The van der Waals surface area contributed by atoms with E-state index in [1.165, 1.54) is 11.1 Å². The van der Waals surface area contributed by atoms with E-state index < -0.39 is 0 Å². The van der Waals surface area contributed by atoms with Crippen molar-refractivity contribution in [1.29, 1.82) is 0 Å². The number of nitrogens with zero attached hydrogens (tertiary/aromatic N) is 2. The Morgan fingerprint density at radius 2 is 1.93 bits per heavy atom. The van der Waals surface area contributed by atoms with E-state index in [9.17, 15) is 4.79 Å². The standard InChI is InChI=1S/C25H29N3O2/c1-16-6-4-5-7-21(16)24-22-15-28(14-19(22)12-27(24)2)13-18-10-17-11-20(30-3)8-9-23(17)26-25(18)29/h4-11,19,22,24H,12-15H2,1-3H3,(H,26,29)/t19-,22+,24-/m0/s1. The molecule has 0 saturated carbocycles. The van der Waals surface area contributed by atoms with Gasteiger partial charge in [-0.25, -0.2) is 0 Å². The van der Waals surface area contributed by atoms with Crippen LogP contribution in [0.25, 0.3) is 10.9 Å². The van der Waals surface area contributed by atoms with Crippen molar-refractivity contribution in [1.82, 2.24) is 14.8 Å². The summed E-state index contributed by atoms with van der Waals surface area (Å²) in [5, 5.41) is 1.01. The zero-order valence-corrected chi connectivity index (χ0v) is 17.9. The molecule has 1 N–H and O–H groups in total. The number of aryl methyl sites for hydroxylation is 1. The van der Waals surface area contributed by atoms with E-state index in [4.69, 9.17) is 4.74 Å². The Kier molecular flexibility index (Phi) is 4.88. The Hall–Kier alpha value is -2.63. The maximum Gasteiger partial charge on any atom is 0.252 e. The summed E-state index contributed by atoms with van der Waals surface area (Å²) in [7, 11) is 3.92. The van der Waals surface area contributed by atoms with E-state index in [1.807, 2.05) is 24.3 Å². The smallest absolute Gasteiger partial charge is 0.252 e. The van der Waals surface area contributed by atoms with Gasteiger partial charge in [-0.1, -0.05) is 24.3 Å². The van der Waals surface area contributed by atoms with Crippen LogP contribution < -0.4 is 10.3 Å². The molecule has 5 rings (SSSR count). The minimum absolute atomic E-state index is 0.0114. The number of hydrogen-bond donors (Lipinski definition) is 1. The number of benzene rings is 2. The van der Waals surface area contributed by atoms with Gasteiger partial charge in [-0.3, -0.25) is 14.6 Å². The monoisotopic (exact) mass is 403 g/mol. The Morgan fingerprint density at radius 1 is 1.10 bits per heavy atom. The highest BCUT2D eigenvalue weighted by Gasteiger charge is 2.46. The lowest BCUT2D eigenvalue weighted by Crippen LogP contribution is -2.30. The molecule has 5 heteroatoms. The largest absolute Gasteiger partial charge is 0.497 e. The summed E-state index contributed by atoms with van der Waals surface area (Å²) in [4.78, 5) is 20.7. The SMILES string of the molecule is COc1ccc2[nH]c(=O)c(CN3C[C@@H]4CN(C)[C@@H](c5ccccc5C)[C@@H]4C3)cc2c1. The first-order valence-corrected chi connectivity index (χ1v) is 10.7. The number of likely N-dealkylation sites (tertiary alicyclic amines) is 2. The molecule has 0 unspecified atom stereocenters. The highest BCUT2D eigenvalue weighted by molar-refractivity contribution is 5.80. The fourth-order valence-electron chi connectivity index (χ4n) is 5.58. The molecule has 0 amide bonds. The maximum absolute atomic E-state index is 12.7. The summed E-state index contributed by atoms with van der Waals surface area (Å²) in [6.45, 7) is 6.10. The molecule has 0 aliphatic carbocycles. The Morgan fingerprint density at radius 3 is 2.73 bits per heavy atom. The highest BCUT2D eigenvalue weighted by Crippen LogP contribution is 2.45. The number of nitrogens with one attached hydrogen (secondary N) is 1. The van der Waals surface area contributed by atoms with Crippen LogP contribution in [0.5, 0.6) is 5.75 Å². The summed E-state index contributed by atoms with van der Waals surface area (Å²) in [6, 6.07) is 17.0. The van der Waals surface area contributed by atoms with Crippen LogP contribution in [0.2, 0.25) is 0 Å².